The highest BCUT2D eigenvalue weighted by Gasteiger charge is 2.16. The first-order valence-corrected chi connectivity index (χ1v) is 8.15. The Balaban J connectivity index is 2.52. The van der Waals surface area contributed by atoms with Crippen LogP contribution in [0.3, 0.4) is 0 Å². The highest BCUT2D eigenvalue weighted by molar-refractivity contribution is 6.04. The number of hydrogen-bond acceptors (Lipinski definition) is 4. The van der Waals surface area contributed by atoms with Crippen molar-refractivity contribution >= 4 is 17.6 Å². The van der Waals surface area contributed by atoms with E-state index in [-0.39, 0.29) is 17.9 Å². The predicted molar refractivity (Wildman–Crippen MR) is 97.7 cm³/mol. The summed E-state index contributed by atoms with van der Waals surface area (Å²) < 4.78 is 34.6. The van der Waals surface area contributed by atoms with Crippen LogP contribution in [0.4, 0.5) is 8.78 Å². The Labute approximate surface area is 156 Å². The van der Waals surface area contributed by atoms with Crippen molar-refractivity contribution in [3.05, 3.63) is 77.4 Å². The molecule has 0 aromatic heterocycles. The van der Waals surface area contributed by atoms with Gasteiger partial charge in [0.1, 0.15) is 17.4 Å². The molecule has 0 aliphatic carbocycles. The van der Waals surface area contributed by atoms with Crippen LogP contribution < -0.4 is 4.74 Å². The van der Waals surface area contributed by atoms with Gasteiger partial charge in [0.2, 0.25) is 0 Å². The fourth-order valence-corrected chi connectivity index (χ4v) is 2.36. The van der Waals surface area contributed by atoms with Crippen LogP contribution in [0.5, 0.6) is 5.75 Å². The summed E-state index contributed by atoms with van der Waals surface area (Å²) >= 11 is 0. The molecule has 0 aliphatic rings. The van der Waals surface area contributed by atoms with E-state index in [4.69, 9.17) is 4.74 Å². The second kappa shape index (κ2) is 9.88. The molecule has 0 saturated heterocycles. The van der Waals surface area contributed by atoms with Gasteiger partial charge in [-0.1, -0.05) is 60.7 Å². The van der Waals surface area contributed by atoms with Crippen molar-refractivity contribution in [2.45, 2.75) is 13.5 Å². The molecule has 4 nitrogen and oxygen atoms in total. The van der Waals surface area contributed by atoms with E-state index in [0.717, 1.165) is 0 Å². The number of ether oxygens (including phenoxy) is 2. The normalized spacial score (nSPS) is 11.8. The largest absolute Gasteiger partial charge is 0.462 e. The number of esters is 1. The van der Waals surface area contributed by atoms with Crippen molar-refractivity contribution in [1.29, 1.82) is 5.26 Å². The second-order valence-corrected chi connectivity index (χ2v) is 5.24. The van der Waals surface area contributed by atoms with E-state index in [1.165, 1.54) is 18.2 Å². The average Bonchev–Trinajstić information content (AvgIpc) is 2.66. The van der Waals surface area contributed by atoms with Crippen LogP contribution in [-0.2, 0) is 9.53 Å². The molecule has 2 rings (SSSR count). The van der Waals surface area contributed by atoms with E-state index in [9.17, 15) is 18.8 Å². The van der Waals surface area contributed by atoms with Crippen LogP contribution in [0.25, 0.3) is 11.6 Å². The number of benzene rings is 2. The summed E-state index contributed by atoms with van der Waals surface area (Å²) in [6.07, 6.45) is 3.02. The molecule has 0 fully saturated rings. The lowest BCUT2D eigenvalue weighted by molar-refractivity contribution is -0.137. The summed E-state index contributed by atoms with van der Waals surface area (Å²) in [4.78, 5) is 12.2. The van der Waals surface area contributed by atoms with Crippen LogP contribution in [0.2, 0.25) is 0 Å². The minimum Gasteiger partial charge on any atom is -0.462 e. The molecule has 0 unspecified atom stereocenters. The van der Waals surface area contributed by atoms with Gasteiger partial charge in [-0.3, -0.25) is 0 Å². The first-order chi connectivity index (χ1) is 13.1. The number of nitrogens with zero attached hydrogens (tertiary/aromatic N) is 1. The third-order valence-corrected chi connectivity index (χ3v) is 3.51. The Morgan fingerprint density at radius 3 is 2.44 bits per heavy atom. The summed E-state index contributed by atoms with van der Waals surface area (Å²) in [7, 11) is 0. The molecule has 0 amide bonds. The topological polar surface area (TPSA) is 59.3 Å². The monoisotopic (exact) mass is 369 g/mol. The van der Waals surface area contributed by atoms with Gasteiger partial charge in [0.15, 0.2) is 0 Å². The van der Waals surface area contributed by atoms with Crippen molar-refractivity contribution in [1.82, 2.24) is 0 Å². The molecule has 0 radical (unpaired) electrons. The zero-order valence-corrected chi connectivity index (χ0v) is 14.6. The van der Waals surface area contributed by atoms with Crippen molar-refractivity contribution in [3.63, 3.8) is 0 Å². The molecular formula is C21H17F2NO3. The highest BCUT2D eigenvalue weighted by atomic mass is 19.3. The van der Waals surface area contributed by atoms with Crippen molar-refractivity contribution in [2.75, 3.05) is 6.61 Å². The number of nitriles is 1. The maximum atomic E-state index is 12.6. The molecule has 0 spiro atoms. The van der Waals surface area contributed by atoms with Gasteiger partial charge in [0.05, 0.1) is 6.61 Å². The van der Waals surface area contributed by atoms with E-state index in [0.29, 0.717) is 16.7 Å². The van der Waals surface area contributed by atoms with Crippen LogP contribution in [0.1, 0.15) is 18.1 Å². The maximum absolute atomic E-state index is 12.6. The number of rotatable bonds is 7. The van der Waals surface area contributed by atoms with E-state index in [1.807, 2.05) is 6.07 Å². The number of para-hydroxylation sites is 1. The van der Waals surface area contributed by atoms with Crippen molar-refractivity contribution in [3.8, 4) is 11.8 Å². The number of carbonyl (C=O) groups excluding carboxylic acids is 1. The van der Waals surface area contributed by atoms with Gasteiger partial charge in [0.25, 0.3) is 0 Å². The molecule has 0 aliphatic heterocycles. The number of halogens is 2. The fourth-order valence-electron chi connectivity index (χ4n) is 2.36. The first-order valence-electron chi connectivity index (χ1n) is 8.15. The van der Waals surface area contributed by atoms with Crippen molar-refractivity contribution in [2.24, 2.45) is 0 Å². The molecule has 6 heteroatoms. The third kappa shape index (κ3) is 5.51. The molecule has 2 aromatic carbocycles. The lowest BCUT2D eigenvalue weighted by Gasteiger charge is -2.09. The Hall–Kier alpha value is -3.46. The quantitative estimate of drug-likeness (QED) is 0.303. The Morgan fingerprint density at radius 1 is 1.15 bits per heavy atom. The molecule has 0 heterocycles. The van der Waals surface area contributed by atoms with Crippen molar-refractivity contribution < 1.29 is 23.0 Å². The first kappa shape index (κ1) is 19.9. The van der Waals surface area contributed by atoms with E-state index < -0.39 is 12.6 Å². The van der Waals surface area contributed by atoms with Crippen LogP contribution in [0, 0.1) is 11.3 Å². The summed E-state index contributed by atoms with van der Waals surface area (Å²) in [5.41, 5.74) is 1.15. The standard InChI is InChI=1S/C21H17F2NO3/c1-2-26-20(25)18(14-24)17(15-8-4-3-5-9-15)13-12-16-10-6-7-11-19(16)27-21(22)23/h3-13,21H,2H2,1H3. The van der Waals surface area contributed by atoms with Gasteiger partial charge < -0.3 is 9.47 Å². The van der Waals surface area contributed by atoms with Gasteiger partial charge in [-0.15, -0.1) is 0 Å². The van der Waals surface area contributed by atoms with Gasteiger partial charge in [-0.2, -0.15) is 14.0 Å². The second-order valence-electron chi connectivity index (χ2n) is 5.24. The zero-order chi connectivity index (χ0) is 19.6. The Morgan fingerprint density at radius 2 is 1.81 bits per heavy atom. The maximum Gasteiger partial charge on any atom is 0.387 e. The summed E-state index contributed by atoms with van der Waals surface area (Å²) in [5.74, 6) is -0.758. The highest BCUT2D eigenvalue weighted by Crippen LogP contribution is 2.26. The Bertz CT molecular complexity index is 884. The van der Waals surface area contributed by atoms with E-state index in [2.05, 4.69) is 4.74 Å². The molecule has 27 heavy (non-hydrogen) atoms. The molecule has 0 saturated carbocycles. The zero-order valence-electron chi connectivity index (χ0n) is 14.6. The number of hydrogen-bond donors (Lipinski definition) is 0. The molecule has 2 aromatic rings. The predicted octanol–water partition coefficient (Wildman–Crippen LogP) is 4.84. The minimum absolute atomic E-state index is 0.00851. The number of carbonyl (C=O) groups is 1. The van der Waals surface area contributed by atoms with Gasteiger partial charge >= 0.3 is 12.6 Å². The summed E-state index contributed by atoms with van der Waals surface area (Å²) in [6.45, 7) is -1.19. The lowest BCUT2D eigenvalue weighted by Crippen LogP contribution is -2.08. The van der Waals surface area contributed by atoms with Crippen LogP contribution in [0.15, 0.2) is 66.2 Å². The van der Waals surface area contributed by atoms with E-state index >= 15 is 0 Å². The van der Waals surface area contributed by atoms with Gasteiger partial charge in [-0.05, 0) is 18.6 Å². The SMILES string of the molecule is CCOC(=O)C(C#N)=C(C=Cc1ccccc1OC(F)F)c1ccccc1. The summed E-state index contributed by atoms with van der Waals surface area (Å²) in [5, 5.41) is 9.46. The van der Waals surface area contributed by atoms with Crippen LogP contribution in [-0.4, -0.2) is 19.2 Å². The number of allylic oxidation sites excluding steroid dienone is 2. The van der Waals surface area contributed by atoms with Gasteiger partial charge in [-0.25, -0.2) is 4.79 Å². The average molecular weight is 369 g/mol. The molecule has 138 valence electrons. The van der Waals surface area contributed by atoms with Gasteiger partial charge in [0, 0.05) is 11.1 Å². The Kier molecular flexibility index (Phi) is 7.26. The molecule has 0 bridgehead atoms. The lowest BCUT2D eigenvalue weighted by atomic mass is 9.99. The summed E-state index contributed by atoms with van der Waals surface area (Å²) in [6, 6.07) is 16.9. The fraction of sp³-hybridized carbons (Fsp3) is 0.143. The minimum atomic E-state index is -2.96. The smallest absolute Gasteiger partial charge is 0.387 e. The molecule has 0 atom stereocenters. The number of alkyl halides is 2. The van der Waals surface area contributed by atoms with E-state index in [1.54, 1.807) is 55.5 Å². The molecular weight excluding hydrogens is 352 g/mol. The van der Waals surface area contributed by atoms with Crippen LogP contribution >= 0.6 is 0 Å². The molecule has 0 N–H and O–H groups in total. The third-order valence-electron chi connectivity index (χ3n) is 3.51.